The minimum absolute atomic E-state index is 0.0991. The Kier molecular flexibility index (Phi) is 3.80. The summed E-state index contributed by atoms with van der Waals surface area (Å²) in [6, 6.07) is 8.03. The Hall–Kier alpha value is -1.06. The Labute approximate surface area is 96.6 Å². The maximum atomic E-state index is 9.33. The van der Waals surface area contributed by atoms with Crippen molar-refractivity contribution >= 4 is 5.69 Å². The Balaban J connectivity index is 2.20. The van der Waals surface area contributed by atoms with Crippen molar-refractivity contribution in [2.75, 3.05) is 24.6 Å². The molecule has 0 aromatic heterocycles. The van der Waals surface area contributed by atoms with E-state index in [0.717, 1.165) is 37.4 Å². The molecule has 16 heavy (non-hydrogen) atoms. The molecule has 3 nitrogen and oxygen atoms in total. The van der Waals surface area contributed by atoms with Crippen LogP contribution in [0.25, 0.3) is 0 Å². The first-order valence-electron chi connectivity index (χ1n) is 5.86. The highest BCUT2D eigenvalue weighted by molar-refractivity contribution is 5.53. The van der Waals surface area contributed by atoms with Crippen LogP contribution in [0.15, 0.2) is 24.3 Å². The summed E-state index contributed by atoms with van der Waals surface area (Å²) >= 11 is 0. The molecule has 1 atom stereocenters. The summed E-state index contributed by atoms with van der Waals surface area (Å²) in [5.74, 6) is 0. The molecule has 1 unspecified atom stereocenters. The van der Waals surface area contributed by atoms with Crippen LogP contribution in [0, 0.1) is 0 Å². The number of nitrogens with zero attached hydrogens (tertiary/aromatic N) is 1. The lowest BCUT2D eigenvalue weighted by Crippen LogP contribution is -2.30. The molecule has 1 heterocycles. The summed E-state index contributed by atoms with van der Waals surface area (Å²) < 4.78 is 5.62. The third-order valence-corrected chi connectivity index (χ3v) is 2.95. The quantitative estimate of drug-likeness (QED) is 0.826. The number of anilines is 1. The van der Waals surface area contributed by atoms with Gasteiger partial charge in [-0.25, -0.2) is 0 Å². The highest BCUT2D eigenvalue weighted by atomic mass is 16.5. The molecular weight excluding hydrogens is 202 g/mol. The topological polar surface area (TPSA) is 32.7 Å². The van der Waals surface area contributed by atoms with Gasteiger partial charge in [-0.1, -0.05) is 18.2 Å². The molecule has 1 saturated heterocycles. The monoisotopic (exact) mass is 221 g/mol. The van der Waals surface area contributed by atoms with Gasteiger partial charge >= 0.3 is 0 Å². The van der Waals surface area contributed by atoms with E-state index in [0.29, 0.717) is 0 Å². The smallest absolute Gasteiger partial charge is 0.0721 e. The second kappa shape index (κ2) is 5.32. The van der Waals surface area contributed by atoms with Crippen LogP contribution in [0.3, 0.4) is 0 Å². The first-order chi connectivity index (χ1) is 7.81. The summed E-state index contributed by atoms with van der Waals surface area (Å²) in [6.07, 6.45) is 1.30. The van der Waals surface area contributed by atoms with E-state index >= 15 is 0 Å². The Morgan fingerprint density at radius 2 is 2.25 bits per heavy atom. The second-order valence-electron chi connectivity index (χ2n) is 4.27. The number of hydrogen-bond acceptors (Lipinski definition) is 3. The molecule has 0 spiro atoms. The van der Waals surface area contributed by atoms with Crippen molar-refractivity contribution < 1.29 is 9.84 Å². The third kappa shape index (κ3) is 2.54. The van der Waals surface area contributed by atoms with Gasteiger partial charge in [0.25, 0.3) is 0 Å². The first kappa shape index (κ1) is 11.4. The van der Waals surface area contributed by atoms with Crippen LogP contribution >= 0.6 is 0 Å². The number of aliphatic hydroxyl groups is 1. The van der Waals surface area contributed by atoms with Gasteiger partial charge in [0.05, 0.1) is 12.7 Å². The fourth-order valence-electron chi connectivity index (χ4n) is 2.17. The standard InChI is InChI=1S/C13H19NO2/c1-11-9-14(7-4-8-16-11)13-6-3-2-5-12(13)10-15/h2-3,5-6,11,15H,4,7-10H2,1H3. The zero-order chi connectivity index (χ0) is 11.4. The molecule has 88 valence electrons. The molecule has 1 N–H and O–H groups in total. The van der Waals surface area contributed by atoms with Crippen LogP contribution in [0.5, 0.6) is 0 Å². The van der Waals surface area contributed by atoms with E-state index in [1.54, 1.807) is 0 Å². The van der Waals surface area contributed by atoms with Crippen molar-refractivity contribution in [3.8, 4) is 0 Å². The molecule has 1 aliphatic rings. The number of hydrogen-bond donors (Lipinski definition) is 1. The van der Waals surface area contributed by atoms with Gasteiger partial charge in [0.15, 0.2) is 0 Å². The maximum absolute atomic E-state index is 9.33. The van der Waals surface area contributed by atoms with E-state index in [-0.39, 0.29) is 12.7 Å². The van der Waals surface area contributed by atoms with Gasteiger partial charge in [-0.2, -0.15) is 0 Å². The van der Waals surface area contributed by atoms with E-state index < -0.39 is 0 Å². The maximum Gasteiger partial charge on any atom is 0.0721 e. The largest absolute Gasteiger partial charge is 0.392 e. The number of rotatable bonds is 2. The molecule has 0 amide bonds. The molecule has 1 aliphatic heterocycles. The van der Waals surface area contributed by atoms with E-state index in [1.807, 2.05) is 18.2 Å². The van der Waals surface area contributed by atoms with Gasteiger partial charge in [-0.15, -0.1) is 0 Å². The van der Waals surface area contributed by atoms with Gasteiger partial charge < -0.3 is 14.7 Å². The van der Waals surface area contributed by atoms with Gasteiger partial charge in [0.2, 0.25) is 0 Å². The predicted molar refractivity (Wildman–Crippen MR) is 64.6 cm³/mol. The van der Waals surface area contributed by atoms with Gasteiger partial charge in [-0.3, -0.25) is 0 Å². The normalized spacial score (nSPS) is 21.9. The fraction of sp³-hybridized carbons (Fsp3) is 0.538. The highest BCUT2D eigenvalue weighted by Crippen LogP contribution is 2.22. The van der Waals surface area contributed by atoms with Crippen molar-refractivity contribution in [3.63, 3.8) is 0 Å². The molecule has 1 aromatic rings. The molecule has 1 fully saturated rings. The van der Waals surface area contributed by atoms with Crippen LogP contribution in [0.1, 0.15) is 18.9 Å². The average Bonchev–Trinajstić information content (AvgIpc) is 2.54. The Bertz CT molecular complexity index is 340. The first-order valence-corrected chi connectivity index (χ1v) is 5.86. The van der Waals surface area contributed by atoms with Crippen molar-refractivity contribution in [2.45, 2.75) is 26.1 Å². The Morgan fingerprint density at radius 1 is 1.44 bits per heavy atom. The predicted octanol–water partition coefficient (Wildman–Crippen LogP) is 1.79. The van der Waals surface area contributed by atoms with Crippen molar-refractivity contribution in [3.05, 3.63) is 29.8 Å². The zero-order valence-electron chi connectivity index (χ0n) is 9.72. The SMILES string of the molecule is CC1CN(c2ccccc2CO)CCCO1. The lowest BCUT2D eigenvalue weighted by Gasteiger charge is -2.26. The molecule has 0 aliphatic carbocycles. The molecule has 0 saturated carbocycles. The van der Waals surface area contributed by atoms with Gasteiger partial charge in [0, 0.05) is 30.9 Å². The van der Waals surface area contributed by atoms with Crippen LogP contribution in [0.2, 0.25) is 0 Å². The summed E-state index contributed by atoms with van der Waals surface area (Å²) in [5, 5.41) is 9.33. The molecular formula is C13H19NO2. The zero-order valence-corrected chi connectivity index (χ0v) is 9.72. The highest BCUT2D eigenvalue weighted by Gasteiger charge is 2.17. The lowest BCUT2D eigenvalue weighted by atomic mass is 10.1. The number of aliphatic hydroxyl groups excluding tert-OH is 1. The van der Waals surface area contributed by atoms with E-state index in [9.17, 15) is 5.11 Å². The molecule has 0 bridgehead atoms. The summed E-state index contributed by atoms with van der Waals surface area (Å²) in [4.78, 5) is 2.31. The molecule has 2 rings (SSSR count). The fourth-order valence-corrected chi connectivity index (χ4v) is 2.17. The van der Waals surface area contributed by atoms with Gasteiger partial charge in [0.1, 0.15) is 0 Å². The van der Waals surface area contributed by atoms with E-state index in [2.05, 4.69) is 17.9 Å². The van der Waals surface area contributed by atoms with Crippen LogP contribution in [0.4, 0.5) is 5.69 Å². The minimum Gasteiger partial charge on any atom is -0.392 e. The average molecular weight is 221 g/mol. The number of para-hydroxylation sites is 1. The lowest BCUT2D eigenvalue weighted by molar-refractivity contribution is 0.0820. The minimum atomic E-state index is 0.0991. The van der Waals surface area contributed by atoms with E-state index in [4.69, 9.17) is 4.74 Å². The van der Waals surface area contributed by atoms with Crippen molar-refractivity contribution in [1.82, 2.24) is 0 Å². The van der Waals surface area contributed by atoms with Crippen molar-refractivity contribution in [1.29, 1.82) is 0 Å². The molecule has 0 radical (unpaired) electrons. The molecule has 1 aromatic carbocycles. The van der Waals surface area contributed by atoms with Gasteiger partial charge in [-0.05, 0) is 19.4 Å². The van der Waals surface area contributed by atoms with E-state index in [1.165, 1.54) is 0 Å². The Morgan fingerprint density at radius 3 is 3.06 bits per heavy atom. The van der Waals surface area contributed by atoms with Crippen LogP contribution < -0.4 is 4.90 Å². The summed E-state index contributed by atoms with van der Waals surface area (Å²) in [7, 11) is 0. The summed E-state index contributed by atoms with van der Waals surface area (Å²) in [6.45, 7) is 4.93. The second-order valence-corrected chi connectivity index (χ2v) is 4.27. The number of ether oxygens (including phenoxy) is 1. The summed E-state index contributed by atoms with van der Waals surface area (Å²) in [5.41, 5.74) is 2.14. The molecule has 3 heteroatoms. The third-order valence-electron chi connectivity index (χ3n) is 2.95. The van der Waals surface area contributed by atoms with Crippen LogP contribution in [-0.4, -0.2) is 30.9 Å². The number of benzene rings is 1. The van der Waals surface area contributed by atoms with Crippen molar-refractivity contribution in [2.24, 2.45) is 0 Å². The van der Waals surface area contributed by atoms with Crippen LogP contribution in [-0.2, 0) is 11.3 Å².